The molecule has 0 unspecified atom stereocenters. The number of fused-ring (bicyclic) bond motifs is 1. The zero-order valence-electron chi connectivity index (χ0n) is 16.9. The molecule has 2 aliphatic heterocycles. The number of nitrogen functional groups attached to an aromatic ring is 2. The maximum absolute atomic E-state index is 12.8. The van der Waals surface area contributed by atoms with E-state index >= 15 is 0 Å². The molecule has 4 rings (SSSR count). The average Bonchev–Trinajstić information content (AvgIpc) is 2.74. The Bertz CT molecular complexity index is 1190. The molecule has 2 aromatic heterocycles. The monoisotopic (exact) mass is 559 g/mol. The summed E-state index contributed by atoms with van der Waals surface area (Å²) in [6.07, 6.45) is 0. The number of β-lactam (4-membered cyclic amide) rings is 1. The number of rotatable bonds is 7. The summed E-state index contributed by atoms with van der Waals surface area (Å²) in [5, 5.41) is 12.7. The van der Waals surface area contributed by atoms with Crippen molar-refractivity contribution in [2.45, 2.75) is 21.3 Å². The van der Waals surface area contributed by atoms with Gasteiger partial charge in [-0.1, -0.05) is 35.0 Å². The number of thioether (sulfide) groups is 3. The van der Waals surface area contributed by atoms with Crippen molar-refractivity contribution in [3.63, 3.8) is 0 Å². The van der Waals surface area contributed by atoms with E-state index in [1.54, 1.807) is 12.1 Å². The number of nitrogens with zero attached hydrogens (tertiary/aromatic N) is 4. The zero-order chi connectivity index (χ0) is 24.6. The van der Waals surface area contributed by atoms with Crippen LogP contribution < -0.4 is 16.8 Å². The Balaban J connectivity index is 1.43. The Kier molecular flexibility index (Phi) is 7.33. The Labute approximate surface area is 215 Å². The van der Waals surface area contributed by atoms with Crippen LogP contribution in [0.5, 0.6) is 0 Å². The number of anilines is 2. The van der Waals surface area contributed by atoms with Gasteiger partial charge < -0.3 is 21.9 Å². The summed E-state index contributed by atoms with van der Waals surface area (Å²) < 4.78 is 0. The van der Waals surface area contributed by atoms with Gasteiger partial charge in [-0.2, -0.15) is 4.98 Å². The van der Waals surface area contributed by atoms with Gasteiger partial charge in [0, 0.05) is 21.6 Å². The highest BCUT2D eigenvalue weighted by Crippen LogP contribution is 2.45. The first-order valence-electron chi connectivity index (χ1n) is 9.36. The van der Waals surface area contributed by atoms with Crippen molar-refractivity contribution in [3.05, 3.63) is 39.1 Å². The second kappa shape index (κ2) is 10.1. The molecule has 2 amide bonds. The van der Waals surface area contributed by atoms with Crippen molar-refractivity contribution in [1.82, 2.24) is 25.2 Å². The molecule has 16 heteroatoms. The van der Waals surface area contributed by atoms with E-state index in [-0.39, 0.29) is 39.4 Å². The lowest BCUT2D eigenvalue weighted by atomic mass is 10.1. The van der Waals surface area contributed by atoms with Crippen LogP contribution in [0.1, 0.15) is 0 Å². The Morgan fingerprint density at radius 1 is 1.21 bits per heavy atom. The Morgan fingerprint density at radius 3 is 2.56 bits per heavy atom. The number of aromatic nitrogens is 3. The number of halogens is 2. The van der Waals surface area contributed by atoms with Crippen molar-refractivity contribution < 1.29 is 19.5 Å². The molecular formula is C18H15Cl2N7O4S3. The van der Waals surface area contributed by atoms with Gasteiger partial charge in [-0.3, -0.25) is 14.5 Å². The minimum absolute atomic E-state index is 0.0110. The van der Waals surface area contributed by atoms with Gasteiger partial charge in [0.15, 0.2) is 0 Å². The van der Waals surface area contributed by atoms with Crippen molar-refractivity contribution in [1.29, 1.82) is 0 Å². The highest BCUT2D eigenvalue weighted by molar-refractivity contribution is 8.06. The number of nitrogens with two attached hydrogens (primary N) is 2. The molecule has 0 saturated carbocycles. The van der Waals surface area contributed by atoms with Crippen LogP contribution in [-0.4, -0.2) is 65.7 Å². The number of hydrogen-bond donors (Lipinski definition) is 4. The number of carbonyl (C=O) groups is 3. The number of hydrogen-bond acceptors (Lipinski definition) is 11. The second-order valence-corrected chi connectivity index (χ2v) is 10.9. The van der Waals surface area contributed by atoms with E-state index in [2.05, 4.69) is 20.3 Å². The minimum Gasteiger partial charge on any atom is -0.477 e. The number of carboxylic acid groups (broad SMARTS) is 1. The topological polar surface area (TPSA) is 177 Å². The fourth-order valence-corrected chi connectivity index (χ4v) is 7.05. The first-order valence-corrected chi connectivity index (χ1v) is 13.0. The number of carboxylic acids is 1. The molecule has 34 heavy (non-hydrogen) atoms. The molecule has 6 N–H and O–H groups in total. The predicted octanol–water partition coefficient (Wildman–Crippen LogP) is 1.92. The van der Waals surface area contributed by atoms with Crippen LogP contribution in [0.2, 0.25) is 10.3 Å². The fraction of sp³-hybridized carbons (Fsp3) is 0.222. The van der Waals surface area contributed by atoms with Crippen LogP contribution >= 0.6 is 58.5 Å². The molecule has 2 aromatic rings. The lowest BCUT2D eigenvalue weighted by Crippen LogP contribution is -2.70. The van der Waals surface area contributed by atoms with Crippen molar-refractivity contribution >= 4 is 88.0 Å². The third-order valence-electron chi connectivity index (χ3n) is 4.53. The number of nitrogens with one attached hydrogen (secondary N) is 1. The second-order valence-electron chi connectivity index (χ2n) is 6.86. The van der Waals surface area contributed by atoms with Crippen LogP contribution in [0.25, 0.3) is 0 Å². The summed E-state index contributed by atoms with van der Waals surface area (Å²) in [4.78, 5) is 51.1. The zero-order valence-corrected chi connectivity index (χ0v) is 20.9. The van der Waals surface area contributed by atoms with Crippen molar-refractivity contribution in [3.8, 4) is 0 Å². The molecule has 0 aromatic carbocycles. The lowest BCUT2D eigenvalue weighted by molar-refractivity contribution is -0.150. The molecular weight excluding hydrogens is 545 g/mol. The van der Waals surface area contributed by atoms with Crippen LogP contribution in [0.15, 0.2) is 38.7 Å². The smallest absolute Gasteiger partial charge is 0.353 e. The molecule has 0 aliphatic carbocycles. The van der Waals surface area contributed by atoms with E-state index in [4.69, 9.17) is 34.7 Å². The highest BCUT2D eigenvalue weighted by atomic mass is 35.5. The highest BCUT2D eigenvalue weighted by Gasteiger charge is 2.54. The summed E-state index contributed by atoms with van der Waals surface area (Å²) in [5.41, 5.74) is 11.1. The molecule has 0 bridgehead atoms. The lowest BCUT2D eigenvalue weighted by Gasteiger charge is -2.49. The van der Waals surface area contributed by atoms with Crippen LogP contribution in [-0.2, 0) is 14.4 Å². The largest absolute Gasteiger partial charge is 0.477 e. The molecule has 2 atom stereocenters. The van der Waals surface area contributed by atoms with Gasteiger partial charge in [-0.25, -0.2) is 14.8 Å². The van der Waals surface area contributed by atoms with E-state index in [0.717, 1.165) is 11.8 Å². The normalized spacial score (nSPS) is 19.5. The third-order valence-corrected chi connectivity index (χ3v) is 8.35. The van der Waals surface area contributed by atoms with Crippen molar-refractivity contribution in [2.24, 2.45) is 0 Å². The van der Waals surface area contributed by atoms with E-state index in [0.29, 0.717) is 20.6 Å². The molecule has 0 spiro atoms. The number of carbonyl (C=O) groups excluding carboxylic acids is 2. The average molecular weight is 560 g/mol. The van der Waals surface area contributed by atoms with E-state index in [1.165, 1.54) is 34.5 Å². The quantitative estimate of drug-likeness (QED) is 0.168. The number of amides is 2. The van der Waals surface area contributed by atoms with Gasteiger partial charge in [0.25, 0.3) is 5.91 Å². The number of aliphatic carboxylic acids is 1. The van der Waals surface area contributed by atoms with Gasteiger partial charge in [0.2, 0.25) is 11.9 Å². The van der Waals surface area contributed by atoms with Crippen molar-refractivity contribution in [2.75, 3.05) is 23.0 Å². The summed E-state index contributed by atoms with van der Waals surface area (Å²) >= 11 is 15.3. The summed E-state index contributed by atoms with van der Waals surface area (Å²) in [6, 6.07) is 3.77. The van der Waals surface area contributed by atoms with E-state index in [9.17, 15) is 19.5 Å². The fourth-order valence-electron chi connectivity index (χ4n) is 3.20. The summed E-state index contributed by atoms with van der Waals surface area (Å²) in [5.74, 6) is -1.76. The molecule has 1 fully saturated rings. The maximum atomic E-state index is 12.8. The van der Waals surface area contributed by atoms with E-state index < -0.39 is 23.3 Å². The third kappa shape index (κ3) is 5.30. The molecule has 1 saturated heterocycles. The molecule has 11 nitrogen and oxygen atoms in total. The van der Waals surface area contributed by atoms with Gasteiger partial charge in [-0.05, 0) is 12.1 Å². The standard InChI is InChI=1S/C18H15Cl2N7O4S3/c19-8-1-6(2-9(20)23-8)32-5-11(28)25-13-15(29)27-14(17(30)31)7(4-33-16(13)27)34-12-3-10(21)24-18(22)26-12/h1-3,13,16H,4-5H2,(H,25,28)(H,30,31)(H4,21,22,24,26)/t13-,16-/m1/s1. The summed E-state index contributed by atoms with van der Waals surface area (Å²) in [6.45, 7) is 0. The molecule has 178 valence electrons. The predicted molar refractivity (Wildman–Crippen MR) is 131 cm³/mol. The van der Waals surface area contributed by atoms with Crippen LogP contribution in [0.3, 0.4) is 0 Å². The first-order chi connectivity index (χ1) is 16.1. The maximum Gasteiger partial charge on any atom is 0.353 e. The molecule has 4 heterocycles. The SMILES string of the molecule is Nc1cc(SC2=C(C(=O)O)N3C(=O)[C@@H](NC(=O)CSc4cc(Cl)nc(Cl)c4)[C@H]3SC2)nc(N)n1. The van der Waals surface area contributed by atoms with Crippen LogP contribution in [0, 0.1) is 0 Å². The van der Waals surface area contributed by atoms with Gasteiger partial charge in [-0.15, -0.1) is 23.5 Å². The number of pyridine rings is 1. The molecule has 0 radical (unpaired) electrons. The van der Waals surface area contributed by atoms with Gasteiger partial charge >= 0.3 is 5.97 Å². The Morgan fingerprint density at radius 2 is 1.91 bits per heavy atom. The van der Waals surface area contributed by atoms with Gasteiger partial charge in [0.1, 0.15) is 38.3 Å². The summed E-state index contributed by atoms with van der Waals surface area (Å²) in [7, 11) is 0. The van der Waals surface area contributed by atoms with Crippen LogP contribution in [0.4, 0.5) is 11.8 Å². The minimum atomic E-state index is -1.26. The Hall–Kier alpha value is -2.39. The molecule has 2 aliphatic rings. The first kappa shape index (κ1) is 24.7. The van der Waals surface area contributed by atoms with E-state index in [1.807, 2.05) is 0 Å². The van der Waals surface area contributed by atoms with Gasteiger partial charge in [0.05, 0.1) is 5.75 Å².